The van der Waals surface area contributed by atoms with Gasteiger partial charge in [0.25, 0.3) is 0 Å². The molecule has 1 fully saturated rings. The van der Waals surface area contributed by atoms with Crippen LogP contribution in [0.5, 0.6) is 0 Å². The zero-order chi connectivity index (χ0) is 9.52. The first kappa shape index (κ1) is 11.7. The number of halogens is 1. The van der Waals surface area contributed by atoms with Gasteiger partial charge in [0.1, 0.15) is 0 Å². The fraction of sp³-hybridized carbons (Fsp3) is 1.00. The van der Waals surface area contributed by atoms with Crippen LogP contribution >= 0.6 is 22.6 Å². The number of alkyl halides is 1. The molecule has 0 heterocycles. The van der Waals surface area contributed by atoms with E-state index in [-0.39, 0.29) is 0 Å². The Morgan fingerprint density at radius 1 is 1.31 bits per heavy atom. The standard InChI is InChI=1S/C10H20INO/c11-10(8-13-7-6-12)9-4-2-1-3-5-9/h9-10H,1-8,12H2/t10-/m1/s1. The predicted octanol–water partition coefficient (Wildman–Crippen LogP) is 2.35. The van der Waals surface area contributed by atoms with Gasteiger partial charge in [-0.25, -0.2) is 0 Å². The number of hydrogen-bond donors (Lipinski definition) is 1. The molecule has 78 valence electrons. The van der Waals surface area contributed by atoms with Gasteiger partial charge in [-0.05, 0) is 18.8 Å². The second kappa shape index (κ2) is 7.01. The summed E-state index contributed by atoms with van der Waals surface area (Å²) in [7, 11) is 0. The monoisotopic (exact) mass is 297 g/mol. The summed E-state index contributed by atoms with van der Waals surface area (Å²) >= 11 is 2.53. The lowest BCUT2D eigenvalue weighted by Crippen LogP contribution is -2.23. The molecule has 0 aromatic rings. The maximum Gasteiger partial charge on any atom is 0.0589 e. The highest BCUT2D eigenvalue weighted by atomic mass is 127. The SMILES string of the molecule is NCCOC[C@@H](I)C1CCCCC1. The van der Waals surface area contributed by atoms with Gasteiger partial charge in [-0.15, -0.1) is 0 Å². The number of nitrogens with two attached hydrogens (primary N) is 1. The van der Waals surface area contributed by atoms with E-state index in [1.165, 1.54) is 32.1 Å². The Labute approximate surface area is 94.7 Å². The number of rotatable bonds is 5. The Kier molecular flexibility index (Phi) is 6.32. The van der Waals surface area contributed by atoms with Crippen LogP contribution in [-0.2, 0) is 4.74 Å². The molecule has 0 aromatic carbocycles. The summed E-state index contributed by atoms with van der Waals surface area (Å²) < 4.78 is 6.16. The van der Waals surface area contributed by atoms with Crippen molar-refractivity contribution < 1.29 is 4.74 Å². The predicted molar refractivity (Wildman–Crippen MR) is 64.3 cm³/mol. The van der Waals surface area contributed by atoms with Gasteiger partial charge in [0, 0.05) is 10.5 Å². The van der Waals surface area contributed by atoms with Gasteiger partial charge < -0.3 is 10.5 Å². The zero-order valence-electron chi connectivity index (χ0n) is 8.18. The lowest BCUT2D eigenvalue weighted by molar-refractivity contribution is 0.128. The smallest absolute Gasteiger partial charge is 0.0589 e. The first-order valence-electron chi connectivity index (χ1n) is 5.26. The molecular weight excluding hydrogens is 277 g/mol. The molecule has 0 radical (unpaired) electrons. The molecule has 0 aromatic heterocycles. The summed E-state index contributed by atoms with van der Waals surface area (Å²) in [5.74, 6) is 0.895. The van der Waals surface area contributed by atoms with Crippen molar-refractivity contribution in [2.75, 3.05) is 19.8 Å². The minimum absolute atomic E-state index is 0.647. The van der Waals surface area contributed by atoms with Crippen molar-refractivity contribution in [3.63, 3.8) is 0 Å². The van der Waals surface area contributed by atoms with Crippen molar-refractivity contribution >= 4 is 22.6 Å². The van der Waals surface area contributed by atoms with Crippen molar-refractivity contribution in [2.24, 2.45) is 11.7 Å². The lowest BCUT2D eigenvalue weighted by atomic mass is 9.87. The average molecular weight is 297 g/mol. The molecule has 0 aliphatic heterocycles. The summed E-state index contributed by atoms with van der Waals surface area (Å²) in [6.45, 7) is 2.25. The van der Waals surface area contributed by atoms with Gasteiger partial charge in [-0.2, -0.15) is 0 Å². The van der Waals surface area contributed by atoms with Gasteiger partial charge >= 0.3 is 0 Å². The summed E-state index contributed by atoms with van der Waals surface area (Å²) in [6.07, 6.45) is 7.07. The van der Waals surface area contributed by atoms with Crippen LogP contribution < -0.4 is 5.73 Å². The molecule has 1 rings (SSSR count). The fourth-order valence-electron chi connectivity index (χ4n) is 1.91. The minimum atomic E-state index is 0.647. The molecule has 0 unspecified atom stereocenters. The van der Waals surface area contributed by atoms with E-state index >= 15 is 0 Å². The van der Waals surface area contributed by atoms with Crippen LogP contribution in [0.2, 0.25) is 0 Å². The van der Waals surface area contributed by atoms with E-state index in [2.05, 4.69) is 22.6 Å². The normalized spacial score (nSPS) is 21.7. The van der Waals surface area contributed by atoms with Crippen LogP contribution in [0.25, 0.3) is 0 Å². The Bertz CT molecular complexity index is 126. The highest BCUT2D eigenvalue weighted by molar-refractivity contribution is 14.1. The van der Waals surface area contributed by atoms with Gasteiger partial charge in [0.15, 0.2) is 0 Å². The van der Waals surface area contributed by atoms with Crippen molar-refractivity contribution in [3.05, 3.63) is 0 Å². The Hall–Kier alpha value is 0.650. The first-order valence-corrected chi connectivity index (χ1v) is 6.51. The van der Waals surface area contributed by atoms with Crippen LogP contribution in [0.1, 0.15) is 32.1 Å². The van der Waals surface area contributed by atoms with Crippen LogP contribution in [0.3, 0.4) is 0 Å². The average Bonchev–Trinajstić information content (AvgIpc) is 2.19. The van der Waals surface area contributed by atoms with Crippen LogP contribution in [-0.4, -0.2) is 23.7 Å². The van der Waals surface area contributed by atoms with Gasteiger partial charge in [-0.3, -0.25) is 0 Å². The van der Waals surface area contributed by atoms with Crippen LogP contribution in [0.15, 0.2) is 0 Å². The van der Waals surface area contributed by atoms with E-state index in [1.807, 2.05) is 0 Å². The quantitative estimate of drug-likeness (QED) is 0.480. The second-order valence-electron chi connectivity index (χ2n) is 3.78. The summed E-state index contributed by atoms with van der Waals surface area (Å²) in [5, 5.41) is 0. The third-order valence-corrected chi connectivity index (χ3v) is 4.08. The number of ether oxygens (including phenoxy) is 1. The molecule has 0 bridgehead atoms. The highest BCUT2D eigenvalue weighted by Crippen LogP contribution is 2.30. The minimum Gasteiger partial charge on any atom is -0.379 e. The van der Waals surface area contributed by atoms with E-state index in [0.29, 0.717) is 17.1 Å². The molecule has 1 saturated carbocycles. The van der Waals surface area contributed by atoms with Crippen LogP contribution in [0.4, 0.5) is 0 Å². The van der Waals surface area contributed by atoms with E-state index < -0.39 is 0 Å². The molecule has 2 N–H and O–H groups in total. The Morgan fingerprint density at radius 3 is 2.62 bits per heavy atom. The molecule has 2 nitrogen and oxygen atoms in total. The number of hydrogen-bond acceptors (Lipinski definition) is 2. The third-order valence-electron chi connectivity index (χ3n) is 2.70. The van der Waals surface area contributed by atoms with E-state index in [4.69, 9.17) is 10.5 Å². The highest BCUT2D eigenvalue weighted by Gasteiger charge is 2.20. The molecule has 0 spiro atoms. The summed E-state index contributed by atoms with van der Waals surface area (Å²) in [4.78, 5) is 0. The molecule has 1 aliphatic carbocycles. The van der Waals surface area contributed by atoms with Crippen molar-refractivity contribution in [1.29, 1.82) is 0 Å². The molecule has 0 amide bonds. The Morgan fingerprint density at radius 2 is 2.00 bits per heavy atom. The molecular formula is C10H20INO. The lowest BCUT2D eigenvalue weighted by Gasteiger charge is -2.26. The van der Waals surface area contributed by atoms with Crippen molar-refractivity contribution in [3.8, 4) is 0 Å². The van der Waals surface area contributed by atoms with Crippen molar-refractivity contribution in [2.45, 2.75) is 36.0 Å². The van der Waals surface area contributed by atoms with Gasteiger partial charge in [-0.1, -0.05) is 41.9 Å². The largest absolute Gasteiger partial charge is 0.379 e. The first-order chi connectivity index (χ1) is 6.34. The molecule has 1 aliphatic rings. The van der Waals surface area contributed by atoms with Gasteiger partial charge in [0.2, 0.25) is 0 Å². The zero-order valence-corrected chi connectivity index (χ0v) is 10.3. The topological polar surface area (TPSA) is 35.2 Å². The summed E-state index contributed by atoms with van der Waals surface area (Å²) in [6, 6.07) is 0. The molecule has 0 saturated heterocycles. The van der Waals surface area contributed by atoms with E-state index in [1.54, 1.807) is 0 Å². The molecule has 13 heavy (non-hydrogen) atoms. The van der Waals surface area contributed by atoms with E-state index in [9.17, 15) is 0 Å². The summed E-state index contributed by atoms with van der Waals surface area (Å²) in [5.41, 5.74) is 5.37. The third kappa shape index (κ3) is 4.61. The maximum atomic E-state index is 5.47. The van der Waals surface area contributed by atoms with Crippen LogP contribution in [0, 0.1) is 5.92 Å². The fourth-order valence-corrected chi connectivity index (χ4v) is 2.88. The van der Waals surface area contributed by atoms with Gasteiger partial charge in [0.05, 0.1) is 13.2 Å². The second-order valence-corrected chi connectivity index (χ2v) is 5.38. The molecule has 3 heteroatoms. The maximum absolute atomic E-state index is 5.47. The van der Waals surface area contributed by atoms with E-state index in [0.717, 1.165) is 12.5 Å². The van der Waals surface area contributed by atoms with Crippen molar-refractivity contribution in [1.82, 2.24) is 0 Å². The Balaban J connectivity index is 2.09. The molecule has 1 atom stereocenters.